The molecule has 0 aromatic carbocycles. The Bertz CT molecular complexity index is 275. The van der Waals surface area contributed by atoms with Crippen molar-refractivity contribution in [1.82, 2.24) is 4.98 Å². The number of halogens is 1. The number of hydrogen-bond acceptors (Lipinski definition) is 2. The van der Waals surface area contributed by atoms with Gasteiger partial charge >= 0.3 is 0 Å². The largest absolute Gasteiger partial charge is 0.393 e. The van der Waals surface area contributed by atoms with Gasteiger partial charge < -0.3 is 5.11 Å². The Morgan fingerprint density at radius 2 is 2.23 bits per heavy atom. The number of hydrogen-bond donors (Lipinski definition) is 1. The fraction of sp³-hybridized carbons (Fsp3) is 0.500. The van der Waals surface area contributed by atoms with Gasteiger partial charge in [0.05, 0.1) is 11.1 Å². The lowest BCUT2D eigenvalue weighted by molar-refractivity contribution is 0.135. The molecule has 0 saturated heterocycles. The van der Waals surface area contributed by atoms with Gasteiger partial charge in [-0.2, -0.15) is 0 Å². The quantitative estimate of drug-likeness (QED) is 0.811. The molecule has 0 aliphatic carbocycles. The van der Waals surface area contributed by atoms with Gasteiger partial charge in [0, 0.05) is 12.4 Å². The summed E-state index contributed by atoms with van der Waals surface area (Å²) in [7, 11) is 0. The standard InChI is InChI=1S/C10H14ClNO/c1-7(8(2)13)5-9-3-4-12-6-10(9)11/h3-4,6-8,13H,5H2,1-2H3. The molecule has 1 rings (SSSR count). The molecule has 2 nitrogen and oxygen atoms in total. The molecular formula is C10H14ClNO. The third-order valence-corrected chi connectivity index (χ3v) is 2.56. The average molecular weight is 200 g/mol. The Hall–Kier alpha value is -0.600. The monoisotopic (exact) mass is 199 g/mol. The van der Waals surface area contributed by atoms with Crippen LogP contribution in [0.25, 0.3) is 0 Å². The van der Waals surface area contributed by atoms with Crippen LogP contribution in [-0.4, -0.2) is 16.2 Å². The Balaban J connectivity index is 2.69. The summed E-state index contributed by atoms with van der Waals surface area (Å²) < 4.78 is 0. The molecule has 0 radical (unpaired) electrons. The lowest BCUT2D eigenvalue weighted by Crippen LogP contribution is -2.15. The second-order valence-electron chi connectivity index (χ2n) is 3.39. The minimum absolute atomic E-state index is 0.222. The van der Waals surface area contributed by atoms with E-state index < -0.39 is 0 Å². The molecule has 72 valence electrons. The van der Waals surface area contributed by atoms with Gasteiger partial charge in [0.25, 0.3) is 0 Å². The van der Waals surface area contributed by atoms with E-state index in [0.29, 0.717) is 5.02 Å². The molecular weight excluding hydrogens is 186 g/mol. The molecule has 3 heteroatoms. The Morgan fingerprint density at radius 1 is 1.54 bits per heavy atom. The van der Waals surface area contributed by atoms with Crippen molar-refractivity contribution >= 4 is 11.6 Å². The normalized spacial score (nSPS) is 15.4. The fourth-order valence-corrected chi connectivity index (χ4v) is 1.28. The predicted octanol–water partition coefficient (Wildman–Crippen LogP) is 2.29. The van der Waals surface area contributed by atoms with E-state index in [2.05, 4.69) is 4.98 Å². The van der Waals surface area contributed by atoms with Gasteiger partial charge in [-0.1, -0.05) is 18.5 Å². The molecule has 0 amide bonds. The topological polar surface area (TPSA) is 33.1 Å². The first-order valence-electron chi connectivity index (χ1n) is 4.37. The smallest absolute Gasteiger partial charge is 0.0621 e. The zero-order valence-electron chi connectivity index (χ0n) is 7.87. The maximum atomic E-state index is 9.31. The van der Waals surface area contributed by atoms with Crippen LogP contribution in [-0.2, 0) is 6.42 Å². The summed E-state index contributed by atoms with van der Waals surface area (Å²) in [6.45, 7) is 3.79. The summed E-state index contributed by atoms with van der Waals surface area (Å²) in [5.41, 5.74) is 1.05. The molecule has 2 atom stereocenters. The van der Waals surface area contributed by atoms with E-state index in [-0.39, 0.29) is 12.0 Å². The van der Waals surface area contributed by atoms with Crippen molar-refractivity contribution in [2.75, 3.05) is 0 Å². The van der Waals surface area contributed by atoms with Crippen molar-refractivity contribution in [3.05, 3.63) is 29.0 Å². The van der Waals surface area contributed by atoms with Crippen molar-refractivity contribution in [2.45, 2.75) is 26.4 Å². The number of aliphatic hydroxyl groups is 1. The first-order valence-corrected chi connectivity index (χ1v) is 4.75. The number of aliphatic hydroxyl groups excluding tert-OH is 1. The molecule has 1 heterocycles. The average Bonchev–Trinajstić information content (AvgIpc) is 2.08. The van der Waals surface area contributed by atoms with Crippen LogP contribution >= 0.6 is 11.6 Å². The molecule has 0 spiro atoms. The fourth-order valence-electron chi connectivity index (χ4n) is 1.09. The van der Waals surface area contributed by atoms with Crippen LogP contribution in [0.5, 0.6) is 0 Å². The van der Waals surface area contributed by atoms with Gasteiger partial charge in [-0.15, -0.1) is 0 Å². The van der Waals surface area contributed by atoms with Crippen LogP contribution in [0.3, 0.4) is 0 Å². The zero-order valence-corrected chi connectivity index (χ0v) is 8.62. The third-order valence-electron chi connectivity index (χ3n) is 2.22. The van der Waals surface area contributed by atoms with E-state index in [4.69, 9.17) is 11.6 Å². The number of rotatable bonds is 3. The first kappa shape index (κ1) is 10.5. The van der Waals surface area contributed by atoms with Crippen molar-refractivity contribution in [3.8, 4) is 0 Å². The summed E-state index contributed by atoms with van der Waals surface area (Å²) in [5, 5.41) is 9.99. The maximum absolute atomic E-state index is 9.31. The number of pyridine rings is 1. The van der Waals surface area contributed by atoms with Crippen LogP contribution in [0.4, 0.5) is 0 Å². The van der Waals surface area contributed by atoms with E-state index in [1.54, 1.807) is 19.3 Å². The zero-order chi connectivity index (χ0) is 9.84. The highest BCUT2D eigenvalue weighted by molar-refractivity contribution is 6.31. The van der Waals surface area contributed by atoms with Gasteiger partial charge in [0.15, 0.2) is 0 Å². The lowest BCUT2D eigenvalue weighted by atomic mass is 9.97. The first-order chi connectivity index (χ1) is 6.11. The molecule has 0 saturated carbocycles. The van der Waals surface area contributed by atoms with Crippen molar-refractivity contribution in [2.24, 2.45) is 5.92 Å². The van der Waals surface area contributed by atoms with Gasteiger partial charge in [-0.3, -0.25) is 4.98 Å². The predicted molar refractivity (Wildman–Crippen MR) is 53.8 cm³/mol. The highest BCUT2D eigenvalue weighted by atomic mass is 35.5. The molecule has 2 unspecified atom stereocenters. The summed E-state index contributed by atoms with van der Waals surface area (Å²) >= 11 is 5.93. The molecule has 0 aliphatic rings. The second kappa shape index (κ2) is 4.58. The summed E-state index contributed by atoms with van der Waals surface area (Å²) in [4.78, 5) is 3.90. The summed E-state index contributed by atoms with van der Waals surface area (Å²) in [6, 6.07) is 1.89. The molecule has 1 aromatic heterocycles. The number of nitrogens with zero attached hydrogens (tertiary/aromatic N) is 1. The van der Waals surface area contributed by atoms with E-state index in [0.717, 1.165) is 12.0 Å². The van der Waals surface area contributed by atoms with Gasteiger partial charge in [-0.25, -0.2) is 0 Å². The molecule has 1 N–H and O–H groups in total. The second-order valence-corrected chi connectivity index (χ2v) is 3.80. The highest BCUT2D eigenvalue weighted by Crippen LogP contribution is 2.18. The van der Waals surface area contributed by atoms with Crippen LogP contribution in [0, 0.1) is 5.92 Å². The van der Waals surface area contributed by atoms with Crippen molar-refractivity contribution in [1.29, 1.82) is 0 Å². The Labute approximate surface area is 83.6 Å². The summed E-state index contributed by atoms with van der Waals surface area (Å²) in [5.74, 6) is 0.222. The van der Waals surface area contributed by atoms with Gasteiger partial charge in [-0.05, 0) is 30.9 Å². The van der Waals surface area contributed by atoms with Crippen LogP contribution in [0.15, 0.2) is 18.5 Å². The Kier molecular flexibility index (Phi) is 3.70. The Morgan fingerprint density at radius 3 is 2.77 bits per heavy atom. The van der Waals surface area contributed by atoms with Crippen molar-refractivity contribution in [3.63, 3.8) is 0 Å². The number of aromatic nitrogens is 1. The highest BCUT2D eigenvalue weighted by Gasteiger charge is 2.11. The third kappa shape index (κ3) is 2.98. The molecule has 0 aliphatic heterocycles. The minimum atomic E-state index is -0.302. The maximum Gasteiger partial charge on any atom is 0.0621 e. The van der Waals surface area contributed by atoms with E-state index in [1.807, 2.05) is 13.0 Å². The summed E-state index contributed by atoms with van der Waals surface area (Å²) in [6.07, 6.45) is 3.84. The van der Waals surface area contributed by atoms with E-state index in [1.165, 1.54) is 0 Å². The van der Waals surface area contributed by atoms with Crippen molar-refractivity contribution < 1.29 is 5.11 Å². The van der Waals surface area contributed by atoms with E-state index in [9.17, 15) is 5.11 Å². The van der Waals surface area contributed by atoms with Gasteiger partial charge in [0.1, 0.15) is 0 Å². The molecule has 13 heavy (non-hydrogen) atoms. The van der Waals surface area contributed by atoms with Gasteiger partial charge in [0.2, 0.25) is 0 Å². The van der Waals surface area contributed by atoms with Crippen LogP contribution < -0.4 is 0 Å². The van der Waals surface area contributed by atoms with Crippen LogP contribution in [0.1, 0.15) is 19.4 Å². The molecule has 0 bridgehead atoms. The molecule has 1 aromatic rings. The molecule has 0 fully saturated rings. The lowest BCUT2D eigenvalue weighted by Gasteiger charge is -2.14. The minimum Gasteiger partial charge on any atom is -0.393 e. The SMILES string of the molecule is CC(O)C(C)Cc1ccncc1Cl. The van der Waals surface area contributed by atoms with Crippen LogP contribution in [0.2, 0.25) is 5.02 Å². The van der Waals surface area contributed by atoms with E-state index >= 15 is 0 Å².